The van der Waals surface area contributed by atoms with Crippen molar-refractivity contribution < 1.29 is 14.3 Å². The molecule has 0 aromatic heterocycles. The summed E-state index contributed by atoms with van der Waals surface area (Å²) in [4.78, 5) is 24.2. The Hall–Kier alpha value is -1.06. The lowest BCUT2D eigenvalue weighted by Crippen LogP contribution is -2.46. The van der Waals surface area contributed by atoms with Gasteiger partial charge in [0.25, 0.3) is 0 Å². The molecule has 3 nitrogen and oxygen atoms in total. The molecule has 0 N–H and O–H groups in total. The number of esters is 1. The van der Waals surface area contributed by atoms with Gasteiger partial charge in [0, 0.05) is 15.6 Å². The van der Waals surface area contributed by atoms with Gasteiger partial charge in [-0.25, -0.2) is 0 Å². The van der Waals surface area contributed by atoms with Gasteiger partial charge in [-0.2, -0.15) is 0 Å². The molecule has 0 bridgehead atoms. The second-order valence-corrected chi connectivity index (χ2v) is 5.29. The smallest absolute Gasteiger partial charge is 0.319 e. The third-order valence-electron chi connectivity index (χ3n) is 3.34. The van der Waals surface area contributed by atoms with Crippen LogP contribution in [0, 0.1) is 5.41 Å². The molecule has 0 saturated heterocycles. The molecule has 1 aliphatic rings. The molecule has 0 aliphatic heterocycles. The standard InChI is InChI=1S/C13H12Cl2O3/c1-18-12(17)13(3-2-4-13)11(16)8-5-9(14)7-10(15)6-8/h5-7H,2-4H2,1H3. The minimum atomic E-state index is -1.04. The van der Waals surface area contributed by atoms with Gasteiger partial charge in [0.15, 0.2) is 5.78 Å². The fourth-order valence-electron chi connectivity index (χ4n) is 2.21. The number of ketones is 1. The zero-order chi connectivity index (χ0) is 13.3. The summed E-state index contributed by atoms with van der Waals surface area (Å²) in [6, 6.07) is 4.60. The summed E-state index contributed by atoms with van der Waals surface area (Å²) in [6.07, 6.45) is 1.88. The molecule has 0 unspecified atom stereocenters. The van der Waals surface area contributed by atoms with E-state index in [1.165, 1.54) is 19.2 Å². The van der Waals surface area contributed by atoms with Crippen molar-refractivity contribution in [3.05, 3.63) is 33.8 Å². The predicted molar refractivity (Wildman–Crippen MR) is 69.1 cm³/mol. The van der Waals surface area contributed by atoms with Gasteiger partial charge in [-0.3, -0.25) is 9.59 Å². The van der Waals surface area contributed by atoms with Crippen molar-refractivity contribution in [3.8, 4) is 0 Å². The lowest BCUT2D eigenvalue weighted by atomic mass is 9.64. The van der Waals surface area contributed by atoms with Crippen molar-refractivity contribution in [1.82, 2.24) is 0 Å². The van der Waals surface area contributed by atoms with E-state index in [0.717, 1.165) is 6.42 Å². The molecule has 96 valence electrons. The maximum atomic E-state index is 12.4. The Morgan fingerprint density at radius 1 is 1.17 bits per heavy atom. The Bertz CT molecular complexity index is 487. The molecule has 1 saturated carbocycles. The van der Waals surface area contributed by atoms with Gasteiger partial charge in [0.05, 0.1) is 7.11 Å². The zero-order valence-corrected chi connectivity index (χ0v) is 11.3. The Labute approximate surface area is 115 Å². The summed E-state index contributed by atoms with van der Waals surface area (Å²) in [7, 11) is 1.29. The average Bonchev–Trinajstić information content (AvgIpc) is 2.25. The maximum absolute atomic E-state index is 12.4. The second kappa shape index (κ2) is 4.90. The van der Waals surface area contributed by atoms with E-state index in [1.807, 2.05) is 0 Å². The van der Waals surface area contributed by atoms with Gasteiger partial charge in [-0.1, -0.05) is 29.6 Å². The number of Topliss-reactive ketones (excluding diaryl/α,β-unsaturated/α-hetero) is 1. The largest absolute Gasteiger partial charge is 0.468 e. The first kappa shape index (κ1) is 13.4. The zero-order valence-electron chi connectivity index (χ0n) is 9.83. The highest BCUT2D eigenvalue weighted by Gasteiger charge is 2.51. The lowest BCUT2D eigenvalue weighted by Gasteiger charge is -2.37. The molecular weight excluding hydrogens is 275 g/mol. The summed E-state index contributed by atoms with van der Waals surface area (Å²) >= 11 is 11.7. The van der Waals surface area contributed by atoms with E-state index in [9.17, 15) is 9.59 Å². The first-order valence-electron chi connectivity index (χ1n) is 5.59. The number of benzene rings is 1. The maximum Gasteiger partial charge on any atom is 0.319 e. The van der Waals surface area contributed by atoms with Crippen LogP contribution in [0.3, 0.4) is 0 Å². The van der Waals surface area contributed by atoms with Crippen LogP contribution in [0.5, 0.6) is 0 Å². The van der Waals surface area contributed by atoms with Gasteiger partial charge in [-0.05, 0) is 31.0 Å². The van der Waals surface area contributed by atoms with Crippen LogP contribution >= 0.6 is 23.2 Å². The Morgan fingerprint density at radius 3 is 2.11 bits per heavy atom. The van der Waals surface area contributed by atoms with E-state index in [4.69, 9.17) is 27.9 Å². The quantitative estimate of drug-likeness (QED) is 0.485. The molecule has 0 radical (unpaired) electrons. The van der Waals surface area contributed by atoms with E-state index in [0.29, 0.717) is 28.5 Å². The van der Waals surface area contributed by atoms with Gasteiger partial charge in [0.2, 0.25) is 0 Å². The summed E-state index contributed by atoms with van der Waals surface area (Å²) in [5.41, 5.74) is -0.680. The van der Waals surface area contributed by atoms with E-state index < -0.39 is 11.4 Å². The first-order valence-corrected chi connectivity index (χ1v) is 6.34. The van der Waals surface area contributed by atoms with Crippen molar-refractivity contribution in [2.75, 3.05) is 7.11 Å². The number of methoxy groups -OCH3 is 1. The van der Waals surface area contributed by atoms with Gasteiger partial charge >= 0.3 is 5.97 Å². The minimum Gasteiger partial charge on any atom is -0.468 e. The average molecular weight is 287 g/mol. The summed E-state index contributed by atoms with van der Waals surface area (Å²) in [5, 5.41) is 0.760. The molecule has 1 aromatic carbocycles. The van der Waals surface area contributed by atoms with E-state index in [2.05, 4.69) is 0 Å². The summed E-state index contributed by atoms with van der Waals surface area (Å²) in [5.74, 6) is -0.736. The van der Waals surface area contributed by atoms with E-state index in [1.54, 1.807) is 6.07 Å². The van der Waals surface area contributed by atoms with Crippen LogP contribution < -0.4 is 0 Å². The van der Waals surface area contributed by atoms with Crippen LogP contribution in [0.4, 0.5) is 0 Å². The molecule has 5 heteroatoms. The van der Waals surface area contributed by atoms with Crippen LogP contribution in [0.15, 0.2) is 18.2 Å². The number of rotatable bonds is 3. The fraction of sp³-hybridized carbons (Fsp3) is 0.385. The normalized spacial score (nSPS) is 16.8. The van der Waals surface area contributed by atoms with Crippen molar-refractivity contribution in [3.63, 3.8) is 0 Å². The van der Waals surface area contributed by atoms with Crippen molar-refractivity contribution in [2.24, 2.45) is 5.41 Å². The molecule has 1 aromatic rings. The van der Waals surface area contributed by atoms with Gasteiger partial charge in [-0.15, -0.1) is 0 Å². The van der Waals surface area contributed by atoms with Crippen LogP contribution in [-0.2, 0) is 9.53 Å². The molecule has 0 spiro atoms. The van der Waals surface area contributed by atoms with Crippen molar-refractivity contribution >= 4 is 35.0 Å². The van der Waals surface area contributed by atoms with Crippen LogP contribution in [-0.4, -0.2) is 18.9 Å². The van der Waals surface area contributed by atoms with Crippen LogP contribution in [0.2, 0.25) is 10.0 Å². The molecule has 0 atom stereocenters. The van der Waals surface area contributed by atoms with Gasteiger partial charge < -0.3 is 4.74 Å². The van der Waals surface area contributed by atoms with Crippen molar-refractivity contribution in [1.29, 1.82) is 0 Å². The highest BCUT2D eigenvalue weighted by atomic mass is 35.5. The Morgan fingerprint density at radius 2 is 1.72 bits per heavy atom. The molecule has 0 heterocycles. The van der Waals surface area contributed by atoms with Crippen LogP contribution in [0.25, 0.3) is 0 Å². The summed E-state index contributed by atoms with van der Waals surface area (Å²) < 4.78 is 4.73. The third kappa shape index (κ3) is 2.13. The number of carbonyl (C=O) groups is 2. The monoisotopic (exact) mass is 286 g/mol. The fourth-order valence-corrected chi connectivity index (χ4v) is 2.74. The molecule has 0 amide bonds. The second-order valence-electron chi connectivity index (χ2n) is 4.41. The van der Waals surface area contributed by atoms with E-state index in [-0.39, 0.29) is 5.78 Å². The highest BCUT2D eigenvalue weighted by Crippen LogP contribution is 2.45. The number of ether oxygens (including phenoxy) is 1. The topological polar surface area (TPSA) is 43.4 Å². The number of carbonyl (C=O) groups excluding carboxylic acids is 2. The Balaban J connectivity index is 2.38. The first-order chi connectivity index (χ1) is 8.49. The van der Waals surface area contributed by atoms with Crippen molar-refractivity contribution in [2.45, 2.75) is 19.3 Å². The molecular formula is C13H12Cl2O3. The Kier molecular flexibility index (Phi) is 3.64. The summed E-state index contributed by atoms with van der Waals surface area (Å²) in [6.45, 7) is 0. The van der Waals surface area contributed by atoms with Gasteiger partial charge in [0.1, 0.15) is 5.41 Å². The molecule has 1 fully saturated rings. The SMILES string of the molecule is COC(=O)C1(C(=O)c2cc(Cl)cc(Cl)c2)CCC1. The van der Waals surface area contributed by atoms with Crippen LogP contribution in [0.1, 0.15) is 29.6 Å². The number of hydrogen-bond donors (Lipinski definition) is 0. The lowest BCUT2D eigenvalue weighted by molar-refractivity contribution is -0.153. The molecule has 18 heavy (non-hydrogen) atoms. The minimum absolute atomic E-state index is 0.259. The number of halogens is 2. The number of hydrogen-bond acceptors (Lipinski definition) is 3. The molecule has 1 aliphatic carbocycles. The molecule has 2 rings (SSSR count). The predicted octanol–water partition coefficient (Wildman–Crippen LogP) is 3.52. The highest BCUT2D eigenvalue weighted by molar-refractivity contribution is 6.35. The van der Waals surface area contributed by atoms with E-state index >= 15 is 0 Å². The third-order valence-corrected chi connectivity index (χ3v) is 3.78.